The van der Waals surface area contributed by atoms with Crippen LogP contribution in [0.5, 0.6) is 0 Å². The fraction of sp³-hybridized carbons (Fsp3) is 0.417. The van der Waals surface area contributed by atoms with E-state index in [4.69, 9.17) is 5.26 Å². The minimum Gasteiger partial charge on any atom is -0.192 e. The lowest BCUT2D eigenvalue weighted by Gasteiger charge is -1.89. The second kappa shape index (κ2) is 13.3. The van der Waals surface area contributed by atoms with Crippen LogP contribution in [0.3, 0.4) is 0 Å². The Morgan fingerprint density at radius 2 is 1.85 bits per heavy atom. The molecule has 0 unspecified atom stereocenters. The van der Waals surface area contributed by atoms with E-state index in [-0.39, 0.29) is 7.43 Å². The van der Waals surface area contributed by atoms with E-state index in [2.05, 4.69) is 6.58 Å². The van der Waals surface area contributed by atoms with Crippen LogP contribution in [0.2, 0.25) is 0 Å². The molecule has 0 rings (SSSR count). The first kappa shape index (κ1) is 17.7. The van der Waals surface area contributed by atoms with Crippen molar-refractivity contribution in [1.82, 2.24) is 0 Å². The van der Waals surface area contributed by atoms with Crippen LogP contribution in [-0.4, -0.2) is 0 Å². The van der Waals surface area contributed by atoms with E-state index in [0.29, 0.717) is 5.57 Å². The van der Waals surface area contributed by atoms with Gasteiger partial charge in [-0.05, 0) is 25.5 Å². The Balaban J connectivity index is -0.000000309. The van der Waals surface area contributed by atoms with Crippen LogP contribution >= 0.6 is 0 Å². The molecule has 0 bridgehead atoms. The van der Waals surface area contributed by atoms with Gasteiger partial charge in [0.05, 0.1) is 11.6 Å². The second-order valence-corrected chi connectivity index (χ2v) is 2.00. The summed E-state index contributed by atoms with van der Waals surface area (Å²) in [7, 11) is 0. The van der Waals surface area contributed by atoms with Gasteiger partial charge in [-0.1, -0.05) is 40.0 Å². The normalized spacial score (nSPS) is 9.31. The summed E-state index contributed by atoms with van der Waals surface area (Å²) < 4.78 is 0. The quantitative estimate of drug-likeness (QED) is 0.459. The molecule has 74 valence electrons. The maximum absolute atomic E-state index is 8.51. The molecule has 0 spiro atoms. The summed E-state index contributed by atoms with van der Waals surface area (Å²) in [6, 6.07) is 2.05. The molecule has 0 aliphatic rings. The first-order chi connectivity index (χ1) is 5.72. The van der Waals surface area contributed by atoms with E-state index in [1.165, 1.54) is 0 Å². The number of hydrogen-bond donors (Lipinski definition) is 0. The van der Waals surface area contributed by atoms with E-state index in [1.807, 2.05) is 45.9 Å². The molecule has 0 N–H and O–H groups in total. The predicted molar refractivity (Wildman–Crippen MR) is 61.4 cm³/mol. The highest BCUT2D eigenvalue weighted by atomic mass is 14.2. The first-order valence-electron chi connectivity index (χ1n) is 4.11. The van der Waals surface area contributed by atoms with Crippen molar-refractivity contribution in [1.29, 1.82) is 5.26 Å². The van der Waals surface area contributed by atoms with Crippen LogP contribution in [0.4, 0.5) is 0 Å². The summed E-state index contributed by atoms with van der Waals surface area (Å²) in [6.07, 6.45) is 5.45. The van der Waals surface area contributed by atoms with Gasteiger partial charge in [0.25, 0.3) is 0 Å². The lowest BCUT2D eigenvalue weighted by atomic mass is 10.1. The fourth-order valence-corrected chi connectivity index (χ4v) is 0.467. The molecule has 0 amide bonds. The van der Waals surface area contributed by atoms with Gasteiger partial charge in [0.15, 0.2) is 0 Å². The van der Waals surface area contributed by atoms with E-state index >= 15 is 0 Å². The van der Waals surface area contributed by atoms with Gasteiger partial charge in [-0.3, -0.25) is 0 Å². The third kappa shape index (κ3) is 10.7. The maximum Gasteiger partial charge on any atom is 0.0994 e. The monoisotopic (exact) mass is 179 g/mol. The van der Waals surface area contributed by atoms with Crippen LogP contribution in [0.15, 0.2) is 36.0 Å². The molecule has 0 aliphatic heterocycles. The first-order valence-corrected chi connectivity index (χ1v) is 4.11. The lowest BCUT2D eigenvalue weighted by Crippen LogP contribution is -1.76. The number of rotatable bonds is 2. The molecule has 13 heavy (non-hydrogen) atoms. The van der Waals surface area contributed by atoms with Gasteiger partial charge in [-0.2, -0.15) is 5.26 Å². The highest BCUT2D eigenvalue weighted by Gasteiger charge is 1.90. The molecule has 1 nitrogen and oxygen atoms in total. The van der Waals surface area contributed by atoms with Crippen LogP contribution < -0.4 is 0 Å². The van der Waals surface area contributed by atoms with Gasteiger partial charge in [0, 0.05) is 0 Å². The Morgan fingerprint density at radius 3 is 2.08 bits per heavy atom. The molecule has 0 saturated carbocycles. The Kier molecular flexibility index (Phi) is 18.1. The van der Waals surface area contributed by atoms with Crippen molar-refractivity contribution >= 4 is 0 Å². The van der Waals surface area contributed by atoms with Gasteiger partial charge in [-0.25, -0.2) is 0 Å². The summed E-state index contributed by atoms with van der Waals surface area (Å²) in [4.78, 5) is 0. The molecule has 0 aromatic rings. The summed E-state index contributed by atoms with van der Waals surface area (Å²) in [6.45, 7) is 11.4. The smallest absolute Gasteiger partial charge is 0.0994 e. The molecule has 0 aromatic carbocycles. The third-order valence-electron chi connectivity index (χ3n) is 1.04. The molecule has 0 heterocycles. The molecule has 0 aliphatic carbocycles. The maximum atomic E-state index is 8.51. The average molecular weight is 179 g/mol. The number of nitriles is 1. The summed E-state index contributed by atoms with van der Waals surface area (Å²) in [5, 5.41) is 8.51. The highest BCUT2D eigenvalue weighted by molar-refractivity contribution is 5.40. The van der Waals surface area contributed by atoms with Crippen molar-refractivity contribution in [2.24, 2.45) is 0 Å². The molecule has 1 heteroatoms. The lowest BCUT2D eigenvalue weighted by molar-refractivity contribution is 1.41. The average Bonchev–Trinajstić information content (AvgIpc) is 2.09. The molecule has 0 radical (unpaired) electrons. The fourth-order valence-electron chi connectivity index (χ4n) is 0.467. The zero-order chi connectivity index (χ0) is 9.98. The van der Waals surface area contributed by atoms with Gasteiger partial charge >= 0.3 is 0 Å². The van der Waals surface area contributed by atoms with Crippen molar-refractivity contribution in [3.8, 4) is 6.07 Å². The Bertz CT molecular complexity index is 214. The molecule has 0 saturated heterocycles. The van der Waals surface area contributed by atoms with Crippen molar-refractivity contribution in [3.05, 3.63) is 36.0 Å². The number of hydrogen-bond acceptors (Lipinski definition) is 1. The van der Waals surface area contributed by atoms with Crippen LogP contribution in [0.1, 0.15) is 35.1 Å². The van der Waals surface area contributed by atoms with E-state index in [1.54, 1.807) is 6.08 Å². The Morgan fingerprint density at radius 1 is 1.38 bits per heavy atom. The molecule has 0 fully saturated rings. The van der Waals surface area contributed by atoms with Crippen molar-refractivity contribution < 1.29 is 0 Å². The van der Waals surface area contributed by atoms with Gasteiger partial charge < -0.3 is 0 Å². The van der Waals surface area contributed by atoms with Gasteiger partial charge in [0.2, 0.25) is 0 Å². The van der Waals surface area contributed by atoms with Crippen molar-refractivity contribution in [3.63, 3.8) is 0 Å². The second-order valence-electron chi connectivity index (χ2n) is 2.00. The van der Waals surface area contributed by atoms with E-state index in [9.17, 15) is 0 Å². The van der Waals surface area contributed by atoms with E-state index in [0.717, 1.165) is 5.57 Å². The topological polar surface area (TPSA) is 23.8 Å². The summed E-state index contributed by atoms with van der Waals surface area (Å²) in [5.41, 5.74) is 1.44. The minimum atomic E-state index is 0. The minimum absolute atomic E-state index is 0. The van der Waals surface area contributed by atoms with E-state index < -0.39 is 0 Å². The Labute approximate surface area is 83.1 Å². The summed E-state index contributed by atoms with van der Waals surface area (Å²) in [5.74, 6) is 0. The SMILES string of the molecule is C.C=C(C)/C(C#N)=C\C=C/C.CC. The van der Waals surface area contributed by atoms with Crippen molar-refractivity contribution in [2.75, 3.05) is 0 Å². The van der Waals surface area contributed by atoms with Crippen LogP contribution in [0.25, 0.3) is 0 Å². The number of nitrogens with zero attached hydrogens (tertiary/aromatic N) is 1. The molecular weight excluding hydrogens is 158 g/mol. The van der Waals surface area contributed by atoms with Gasteiger partial charge in [-0.15, -0.1) is 0 Å². The molecule has 0 atom stereocenters. The zero-order valence-electron chi connectivity index (χ0n) is 8.39. The predicted octanol–water partition coefficient (Wildman–Crippen LogP) is 4.25. The largest absolute Gasteiger partial charge is 0.192 e. The van der Waals surface area contributed by atoms with Crippen molar-refractivity contribution in [2.45, 2.75) is 35.1 Å². The highest BCUT2D eigenvalue weighted by Crippen LogP contribution is 2.04. The standard InChI is InChI=1S/C9H11N.C2H6.CH4/c1-4-5-6-9(7-10)8(2)3;1-2;/h4-6H,2H2,1,3H3;1-2H3;1H4/b5-4-,9-6-;;. The van der Waals surface area contributed by atoms with Gasteiger partial charge in [0.1, 0.15) is 0 Å². The molecular formula is C12H21N. The van der Waals surface area contributed by atoms with Crippen LogP contribution in [-0.2, 0) is 0 Å². The molecule has 0 aromatic heterocycles. The van der Waals surface area contributed by atoms with Crippen LogP contribution in [0, 0.1) is 11.3 Å². The number of allylic oxidation sites excluding steroid dienone is 5. The Hall–Kier alpha value is -1.29. The summed E-state index contributed by atoms with van der Waals surface area (Å²) >= 11 is 0. The third-order valence-corrected chi connectivity index (χ3v) is 1.04. The zero-order valence-corrected chi connectivity index (χ0v) is 8.39.